The van der Waals surface area contributed by atoms with E-state index in [-0.39, 0.29) is 5.54 Å². The van der Waals surface area contributed by atoms with Crippen molar-refractivity contribution in [2.45, 2.75) is 5.54 Å². The predicted octanol–water partition coefficient (Wildman–Crippen LogP) is 2.71. The van der Waals surface area contributed by atoms with Crippen LogP contribution >= 0.6 is 0 Å². The van der Waals surface area contributed by atoms with E-state index in [0.29, 0.717) is 0 Å². The minimum Gasteiger partial charge on any atom is -0.317 e. The maximum atomic E-state index is 3.35. The van der Waals surface area contributed by atoms with Gasteiger partial charge in [0.2, 0.25) is 0 Å². The van der Waals surface area contributed by atoms with Crippen molar-refractivity contribution in [3.05, 3.63) is 71.8 Å². The molecule has 1 N–H and O–H groups in total. The summed E-state index contributed by atoms with van der Waals surface area (Å²) in [6.07, 6.45) is 0. The van der Waals surface area contributed by atoms with E-state index in [2.05, 4.69) is 85.0 Å². The van der Waals surface area contributed by atoms with E-state index in [0.717, 1.165) is 6.54 Å². The molecule has 0 fully saturated rings. The first kappa shape index (κ1) is 13.8. The fraction of sp³-hybridized carbons (Fsp3) is 0.294. The molecule has 19 heavy (non-hydrogen) atoms. The smallest absolute Gasteiger partial charge is 0.0837 e. The van der Waals surface area contributed by atoms with Crippen molar-refractivity contribution in [2.75, 3.05) is 27.7 Å². The van der Waals surface area contributed by atoms with E-state index < -0.39 is 0 Å². The molecule has 0 aliphatic carbocycles. The van der Waals surface area contributed by atoms with E-state index in [9.17, 15) is 0 Å². The maximum absolute atomic E-state index is 3.35. The first-order chi connectivity index (χ1) is 9.21. The first-order valence-electron chi connectivity index (χ1n) is 6.65. The fourth-order valence-electron chi connectivity index (χ4n) is 2.73. The summed E-state index contributed by atoms with van der Waals surface area (Å²) in [6.45, 7) is 0.869. The highest BCUT2D eigenvalue weighted by atomic mass is 15.2. The van der Waals surface area contributed by atoms with Crippen LogP contribution in [-0.4, -0.2) is 32.6 Å². The standard InChI is InChI=1S/C17H22N2/c1-18-14-17(19(2)3,15-10-6-4-7-11-15)16-12-8-5-9-13-16/h4-13,18H,14H2,1-3H3. The molecule has 0 atom stereocenters. The topological polar surface area (TPSA) is 15.3 Å². The van der Waals surface area contributed by atoms with Crippen molar-refractivity contribution < 1.29 is 0 Å². The molecule has 0 radical (unpaired) electrons. The van der Waals surface area contributed by atoms with Crippen LogP contribution in [0.3, 0.4) is 0 Å². The molecular formula is C17H22N2. The number of hydrogen-bond acceptors (Lipinski definition) is 2. The third kappa shape index (κ3) is 2.55. The van der Waals surface area contributed by atoms with Crippen molar-refractivity contribution in [1.82, 2.24) is 10.2 Å². The summed E-state index contributed by atoms with van der Waals surface area (Å²) < 4.78 is 0. The van der Waals surface area contributed by atoms with Gasteiger partial charge < -0.3 is 5.32 Å². The van der Waals surface area contributed by atoms with Gasteiger partial charge in [-0.15, -0.1) is 0 Å². The van der Waals surface area contributed by atoms with Gasteiger partial charge >= 0.3 is 0 Å². The normalized spacial score (nSPS) is 11.8. The number of nitrogens with zero attached hydrogens (tertiary/aromatic N) is 1. The van der Waals surface area contributed by atoms with Crippen molar-refractivity contribution >= 4 is 0 Å². The Kier molecular flexibility index (Phi) is 4.35. The number of likely N-dealkylation sites (N-methyl/N-ethyl adjacent to an activating group) is 2. The van der Waals surface area contributed by atoms with Crippen LogP contribution in [-0.2, 0) is 5.54 Å². The van der Waals surface area contributed by atoms with E-state index in [1.807, 2.05) is 7.05 Å². The molecular weight excluding hydrogens is 232 g/mol. The Balaban J connectivity index is 2.61. The quantitative estimate of drug-likeness (QED) is 0.882. The van der Waals surface area contributed by atoms with Crippen LogP contribution in [0.2, 0.25) is 0 Å². The molecule has 0 saturated carbocycles. The van der Waals surface area contributed by atoms with Crippen LogP contribution in [0.1, 0.15) is 11.1 Å². The predicted molar refractivity (Wildman–Crippen MR) is 81.3 cm³/mol. The Morgan fingerprint density at radius 3 is 1.58 bits per heavy atom. The maximum Gasteiger partial charge on any atom is 0.0837 e. The molecule has 0 saturated heterocycles. The second-order valence-electron chi connectivity index (χ2n) is 5.02. The summed E-state index contributed by atoms with van der Waals surface area (Å²) in [5.41, 5.74) is 2.47. The molecule has 0 aromatic heterocycles. The Labute approximate surface area is 116 Å². The highest BCUT2D eigenvalue weighted by Crippen LogP contribution is 2.33. The van der Waals surface area contributed by atoms with Crippen molar-refractivity contribution in [2.24, 2.45) is 0 Å². The van der Waals surface area contributed by atoms with Crippen LogP contribution in [0.5, 0.6) is 0 Å². The summed E-state index contributed by atoms with van der Waals surface area (Å²) >= 11 is 0. The number of nitrogens with one attached hydrogen (secondary N) is 1. The van der Waals surface area contributed by atoms with Gasteiger partial charge in [-0.1, -0.05) is 60.7 Å². The molecule has 0 aliphatic heterocycles. The molecule has 2 aromatic carbocycles. The second kappa shape index (κ2) is 6.00. The van der Waals surface area contributed by atoms with Gasteiger partial charge in [0, 0.05) is 6.54 Å². The zero-order chi connectivity index (χ0) is 13.7. The van der Waals surface area contributed by atoms with Crippen LogP contribution in [0, 0.1) is 0 Å². The third-order valence-corrected chi connectivity index (χ3v) is 3.70. The second-order valence-corrected chi connectivity index (χ2v) is 5.02. The summed E-state index contributed by atoms with van der Waals surface area (Å²) in [6, 6.07) is 21.3. The monoisotopic (exact) mass is 254 g/mol. The van der Waals surface area contributed by atoms with Gasteiger partial charge in [-0.3, -0.25) is 4.90 Å². The zero-order valence-corrected chi connectivity index (χ0v) is 11.9. The van der Waals surface area contributed by atoms with Crippen LogP contribution in [0.15, 0.2) is 60.7 Å². The van der Waals surface area contributed by atoms with Crippen molar-refractivity contribution in [3.8, 4) is 0 Å². The molecule has 2 rings (SSSR count). The van der Waals surface area contributed by atoms with Crippen molar-refractivity contribution in [3.63, 3.8) is 0 Å². The van der Waals surface area contributed by atoms with Crippen LogP contribution in [0.4, 0.5) is 0 Å². The summed E-state index contributed by atoms with van der Waals surface area (Å²) in [4.78, 5) is 2.29. The van der Waals surface area contributed by atoms with E-state index in [1.54, 1.807) is 0 Å². The largest absolute Gasteiger partial charge is 0.317 e. The molecule has 0 heterocycles. The van der Waals surface area contributed by atoms with Gasteiger partial charge in [0.15, 0.2) is 0 Å². The highest BCUT2D eigenvalue weighted by Gasteiger charge is 2.35. The molecule has 0 unspecified atom stereocenters. The summed E-state index contributed by atoms with van der Waals surface area (Å²) in [5.74, 6) is 0. The lowest BCUT2D eigenvalue weighted by molar-refractivity contribution is 0.197. The van der Waals surface area contributed by atoms with Gasteiger partial charge in [-0.25, -0.2) is 0 Å². The van der Waals surface area contributed by atoms with Gasteiger partial charge in [-0.05, 0) is 32.3 Å². The average Bonchev–Trinajstić information content (AvgIpc) is 2.46. The Morgan fingerprint density at radius 1 is 0.842 bits per heavy atom. The lowest BCUT2D eigenvalue weighted by atomic mass is 9.81. The zero-order valence-electron chi connectivity index (χ0n) is 11.9. The van der Waals surface area contributed by atoms with E-state index in [1.165, 1.54) is 11.1 Å². The van der Waals surface area contributed by atoms with Gasteiger partial charge in [0.1, 0.15) is 0 Å². The molecule has 2 aromatic rings. The Morgan fingerprint density at radius 2 is 1.26 bits per heavy atom. The van der Waals surface area contributed by atoms with E-state index >= 15 is 0 Å². The summed E-state index contributed by atoms with van der Waals surface area (Å²) in [5, 5.41) is 3.35. The van der Waals surface area contributed by atoms with Crippen LogP contribution < -0.4 is 5.32 Å². The number of benzene rings is 2. The lowest BCUT2D eigenvalue weighted by Gasteiger charge is -2.41. The molecule has 2 nitrogen and oxygen atoms in total. The molecule has 0 spiro atoms. The van der Waals surface area contributed by atoms with Crippen LogP contribution in [0.25, 0.3) is 0 Å². The molecule has 0 bridgehead atoms. The molecule has 2 heteroatoms. The molecule has 0 amide bonds. The van der Waals surface area contributed by atoms with Gasteiger partial charge in [-0.2, -0.15) is 0 Å². The molecule has 100 valence electrons. The Hall–Kier alpha value is -1.64. The van der Waals surface area contributed by atoms with Gasteiger partial charge in [0.05, 0.1) is 5.54 Å². The van der Waals surface area contributed by atoms with Crippen molar-refractivity contribution in [1.29, 1.82) is 0 Å². The first-order valence-corrected chi connectivity index (χ1v) is 6.65. The summed E-state index contributed by atoms with van der Waals surface area (Å²) in [7, 11) is 6.28. The van der Waals surface area contributed by atoms with E-state index in [4.69, 9.17) is 0 Å². The number of hydrogen-bond donors (Lipinski definition) is 1. The van der Waals surface area contributed by atoms with Gasteiger partial charge in [0.25, 0.3) is 0 Å². The number of rotatable bonds is 5. The minimum atomic E-state index is -0.142. The minimum absolute atomic E-state index is 0.142. The third-order valence-electron chi connectivity index (χ3n) is 3.70. The SMILES string of the molecule is CNCC(c1ccccc1)(c1ccccc1)N(C)C. The Bertz CT molecular complexity index is 452. The highest BCUT2D eigenvalue weighted by molar-refractivity contribution is 5.39. The average molecular weight is 254 g/mol. The fourth-order valence-corrected chi connectivity index (χ4v) is 2.73. The molecule has 0 aliphatic rings. The lowest BCUT2D eigenvalue weighted by Crippen LogP contribution is -2.49.